The lowest BCUT2D eigenvalue weighted by Crippen LogP contribution is -2.49. The van der Waals surface area contributed by atoms with Gasteiger partial charge >= 0.3 is 0 Å². The molecule has 0 unspecified atom stereocenters. The van der Waals surface area contributed by atoms with Gasteiger partial charge in [0, 0.05) is 48.0 Å². The highest BCUT2D eigenvalue weighted by molar-refractivity contribution is 6.10. The molecule has 3 heterocycles. The Kier molecular flexibility index (Phi) is 7.54. The van der Waals surface area contributed by atoms with Gasteiger partial charge in [0.15, 0.2) is 0 Å². The van der Waals surface area contributed by atoms with Gasteiger partial charge in [0.1, 0.15) is 22.7 Å². The molecule has 3 aromatic heterocycles. The first-order valence-electron chi connectivity index (χ1n) is 26.4. The van der Waals surface area contributed by atoms with Crippen molar-refractivity contribution in [1.82, 2.24) is 9.97 Å². The van der Waals surface area contributed by atoms with Crippen molar-refractivity contribution in [3.8, 4) is 56.3 Å². The van der Waals surface area contributed by atoms with E-state index in [4.69, 9.17) is 26.5 Å². The summed E-state index contributed by atoms with van der Waals surface area (Å²) in [5.74, 6) is -0.521. The minimum atomic E-state index is -2.79. The summed E-state index contributed by atoms with van der Waals surface area (Å²) in [6, 6.07) is 31.4. The molecule has 1 aliphatic carbocycles. The van der Waals surface area contributed by atoms with Gasteiger partial charge in [-0.2, -0.15) is 0 Å². The second kappa shape index (κ2) is 15.1. The van der Waals surface area contributed by atoms with E-state index in [1.165, 1.54) is 12.1 Å². The van der Waals surface area contributed by atoms with Gasteiger partial charge in [0.25, 0.3) is 0 Å². The summed E-state index contributed by atoms with van der Waals surface area (Å²) in [5, 5.41) is 1.52. The van der Waals surface area contributed by atoms with Gasteiger partial charge < -0.3 is 9.15 Å². The number of benzene rings is 5. The Hall–Kier alpha value is -6.00. The highest BCUT2D eigenvalue weighted by Gasteiger charge is 2.53. The molecule has 0 amide bonds. The average molecular weight is 827 g/mol. The molecule has 4 heteroatoms. The summed E-state index contributed by atoms with van der Waals surface area (Å²) in [4.78, 5) is 9.44. The van der Waals surface area contributed by atoms with Crippen molar-refractivity contribution < 1.29 is 22.9 Å². The number of fused-ring (bicyclic) bond motifs is 3. The Morgan fingerprint density at radius 1 is 0.613 bits per heavy atom. The lowest BCUT2D eigenvalue weighted by atomic mass is 9.46. The number of hydrogen-bond donors (Lipinski definition) is 0. The second-order valence-electron chi connectivity index (χ2n) is 19.2. The topological polar surface area (TPSA) is 48.2 Å². The Morgan fingerprint density at radius 2 is 1.35 bits per heavy atom. The molecule has 0 N–H and O–H groups in total. The molecule has 5 aromatic carbocycles. The maximum atomic E-state index is 9.96. The minimum absolute atomic E-state index is 0.0331. The molecular weight excluding hydrogens is 757 g/mol. The molecule has 0 bridgehead atoms. The van der Waals surface area contributed by atoms with Crippen LogP contribution in [0.1, 0.15) is 113 Å². The van der Waals surface area contributed by atoms with Gasteiger partial charge in [-0.3, -0.25) is 9.97 Å². The Balaban J connectivity index is 1.22. The Labute approximate surface area is 382 Å². The first kappa shape index (κ1) is 30.9. The van der Waals surface area contributed by atoms with Crippen LogP contribution in [0.5, 0.6) is 11.5 Å². The summed E-state index contributed by atoms with van der Waals surface area (Å²) >= 11 is 0. The Bertz CT molecular complexity index is 3420. The van der Waals surface area contributed by atoms with Crippen molar-refractivity contribution in [2.45, 2.75) is 102 Å². The van der Waals surface area contributed by atoms with Crippen molar-refractivity contribution >= 4 is 21.9 Å². The SMILES string of the molecule is [2H]C([2H])([2H])c1cnc(-c2cc(Oc3cc(-c4cc(-c5ccc(C6([2H])CC(C)(C)C(C)(C)C(C)(C)C6)cc5C)c(C)cn4)c4oc5cc(C)ccc5c4c3)c(C([2H])([2H])[2H])c(-c3ccccc3)c2)cc1C([2H])([2H])[2H]. The van der Waals surface area contributed by atoms with Crippen LogP contribution >= 0.6 is 0 Å². The summed E-state index contributed by atoms with van der Waals surface area (Å²) in [5.41, 5.74) is 8.69. The fourth-order valence-electron chi connectivity index (χ4n) is 9.48. The quantitative estimate of drug-likeness (QED) is 0.161. The van der Waals surface area contributed by atoms with E-state index in [0.29, 0.717) is 44.5 Å². The molecule has 1 aliphatic rings. The maximum absolute atomic E-state index is 9.96. The van der Waals surface area contributed by atoms with E-state index < -0.39 is 32.0 Å². The molecule has 0 radical (unpaired) electrons. The number of hydrogen-bond acceptors (Lipinski definition) is 4. The first-order valence-corrected chi connectivity index (χ1v) is 21.4. The summed E-state index contributed by atoms with van der Waals surface area (Å²) in [6.45, 7) is 11.7. The number of ether oxygens (including phenoxy) is 1. The van der Waals surface area contributed by atoms with Crippen LogP contribution in [-0.4, -0.2) is 9.97 Å². The van der Waals surface area contributed by atoms with E-state index in [2.05, 4.69) is 71.6 Å². The summed E-state index contributed by atoms with van der Waals surface area (Å²) in [6.07, 6.45) is 4.38. The molecule has 4 nitrogen and oxygen atoms in total. The molecule has 0 saturated heterocycles. The van der Waals surface area contributed by atoms with Gasteiger partial charge in [-0.25, -0.2) is 0 Å². The van der Waals surface area contributed by atoms with E-state index in [1.54, 1.807) is 36.4 Å². The number of furan rings is 1. The molecule has 1 fully saturated rings. The van der Waals surface area contributed by atoms with Crippen LogP contribution in [0.4, 0.5) is 0 Å². The average Bonchev–Trinajstić information content (AvgIpc) is 3.64. The highest BCUT2D eigenvalue weighted by atomic mass is 16.5. The minimum Gasteiger partial charge on any atom is -0.457 e. The van der Waals surface area contributed by atoms with Crippen molar-refractivity contribution in [1.29, 1.82) is 0 Å². The number of aryl methyl sites for hydroxylation is 5. The van der Waals surface area contributed by atoms with Gasteiger partial charge in [-0.1, -0.05) is 102 Å². The predicted molar refractivity (Wildman–Crippen MR) is 259 cm³/mol. The molecular formula is C58H60N2O2. The molecule has 0 atom stereocenters. The van der Waals surface area contributed by atoms with E-state index in [0.717, 1.165) is 57.8 Å². The van der Waals surface area contributed by atoms with Crippen molar-refractivity contribution in [2.24, 2.45) is 16.2 Å². The lowest BCUT2D eigenvalue weighted by Gasteiger charge is -2.59. The monoisotopic (exact) mass is 827 g/mol. The zero-order chi connectivity index (χ0) is 52.3. The van der Waals surface area contributed by atoms with Crippen molar-refractivity contribution in [3.05, 3.63) is 154 Å². The predicted octanol–water partition coefficient (Wildman–Crippen LogP) is 16.6. The molecule has 9 rings (SSSR count). The third-order valence-electron chi connectivity index (χ3n) is 14.3. The van der Waals surface area contributed by atoms with E-state index >= 15 is 0 Å². The van der Waals surface area contributed by atoms with Crippen LogP contribution in [-0.2, 0) is 0 Å². The van der Waals surface area contributed by atoms with Gasteiger partial charge in [0.05, 0.1) is 11.4 Å². The van der Waals surface area contributed by atoms with Crippen LogP contribution < -0.4 is 4.74 Å². The third-order valence-corrected chi connectivity index (χ3v) is 14.3. The van der Waals surface area contributed by atoms with Gasteiger partial charge in [-0.05, 0) is 180 Å². The first-order chi connectivity index (χ1) is 33.4. The zero-order valence-electron chi connectivity index (χ0n) is 47.1. The normalized spacial score (nSPS) is 19.4. The molecule has 1 saturated carbocycles. The fraction of sp³-hybridized carbons (Fsp3) is 0.310. The highest BCUT2D eigenvalue weighted by Crippen LogP contribution is 2.63. The second-order valence-corrected chi connectivity index (χ2v) is 19.2. The largest absolute Gasteiger partial charge is 0.457 e. The fourth-order valence-corrected chi connectivity index (χ4v) is 9.48. The number of rotatable bonds is 7. The third kappa shape index (κ3) is 7.12. The zero-order valence-corrected chi connectivity index (χ0v) is 37.1. The number of nitrogens with zero attached hydrogens (tertiary/aromatic N) is 2. The molecule has 0 spiro atoms. The smallest absolute Gasteiger partial charge is 0.145 e. The summed E-state index contributed by atoms with van der Waals surface area (Å²) < 4.78 is 99.2. The van der Waals surface area contributed by atoms with Crippen LogP contribution in [0, 0.1) is 57.6 Å². The molecule has 0 aliphatic heterocycles. The molecule has 62 heavy (non-hydrogen) atoms. The lowest BCUT2D eigenvalue weighted by molar-refractivity contribution is -0.0744. The van der Waals surface area contributed by atoms with Gasteiger partial charge in [0.2, 0.25) is 0 Å². The van der Waals surface area contributed by atoms with E-state index in [-0.39, 0.29) is 44.6 Å². The standard InChI is InChI=1S/C58H60N2O2/c1-34-18-20-46-49-27-44(61-53-26-42(51-24-35(2)37(4)32-59-51)25-48(39(53)6)40-16-14-13-15-17-40)28-50(55(49)62-54(46)22-34)52-29-47(38(5)33-60-52)45-21-19-41(23-36(45)3)43-30-56(7,8)58(11,12)57(9,10)31-43/h13-29,32-33,43H,30-31H2,1-12H3/i2D3,4D3,6D3,43D. The summed E-state index contributed by atoms with van der Waals surface area (Å²) in [7, 11) is 0. The van der Waals surface area contributed by atoms with Crippen LogP contribution in [0.3, 0.4) is 0 Å². The van der Waals surface area contributed by atoms with Gasteiger partial charge in [-0.15, -0.1) is 0 Å². The number of pyridine rings is 2. The van der Waals surface area contributed by atoms with E-state index in [1.807, 2.05) is 56.4 Å². The van der Waals surface area contributed by atoms with E-state index in [9.17, 15) is 1.37 Å². The van der Waals surface area contributed by atoms with Crippen LogP contribution in [0.15, 0.2) is 120 Å². The van der Waals surface area contributed by atoms with Crippen LogP contribution in [0.2, 0.25) is 0 Å². The van der Waals surface area contributed by atoms with Crippen LogP contribution in [0.25, 0.3) is 66.7 Å². The van der Waals surface area contributed by atoms with Crippen molar-refractivity contribution in [3.63, 3.8) is 0 Å². The molecule has 314 valence electrons. The van der Waals surface area contributed by atoms with Crippen molar-refractivity contribution in [2.75, 3.05) is 0 Å². The Morgan fingerprint density at radius 3 is 2.08 bits per heavy atom. The number of aromatic nitrogens is 2. The molecule has 8 aromatic rings. The maximum Gasteiger partial charge on any atom is 0.145 e.